The van der Waals surface area contributed by atoms with E-state index in [1.54, 1.807) is 30.3 Å². The lowest BCUT2D eigenvalue weighted by Crippen LogP contribution is -2.60. The molecular weight excluding hydrogens is 384 g/mol. The van der Waals surface area contributed by atoms with Crippen molar-refractivity contribution in [1.29, 1.82) is 0 Å². The van der Waals surface area contributed by atoms with Crippen molar-refractivity contribution in [2.24, 2.45) is 0 Å². The average Bonchev–Trinajstić information content (AvgIpc) is 2.71. The van der Waals surface area contributed by atoms with E-state index < -0.39 is 42.6 Å². The summed E-state index contributed by atoms with van der Waals surface area (Å²) >= 11 is 0. The first-order chi connectivity index (χ1) is 13.9. The second-order valence-electron chi connectivity index (χ2n) is 6.49. The Hall–Kier alpha value is -2.46. The van der Waals surface area contributed by atoms with Crippen LogP contribution in [0.1, 0.15) is 25.7 Å². The Bertz CT molecular complexity index is 663. The minimum absolute atomic E-state index is 0.0688. The number of benzene rings is 1. The number of aliphatic hydroxyl groups excluding tert-OH is 3. The molecule has 0 bridgehead atoms. The number of rotatable bonds is 10. The van der Waals surface area contributed by atoms with Gasteiger partial charge in [0.05, 0.1) is 6.26 Å². The second-order valence-corrected chi connectivity index (χ2v) is 6.49. The van der Waals surface area contributed by atoms with Gasteiger partial charge in [-0.05, 0) is 25.0 Å². The van der Waals surface area contributed by atoms with Crippen LogP contribution in [0.3, 0.4) is 0 Å². The van der Waals surface area contributed by atoms with E-state index in [1.807, 2.05) is 0 Å². The number of hydrogen-bond donors (Lipinski definition) is 3. The van der Waals surface area contributed by atoms with Gasteiger partial charge in [0.15, 0.2) is 0 Å². The van der Waals surface area contributed by atoms with Gasteiger partial charge in [-0.2, -0.15) is 0 Å². The zero-order valence-electron chi connectivity index (χ0n) is 15.9. The average molecular weight is 410 g/mol. The van der Waals surface area contributed by atoms with Crippen LogP contribution >= 0.6 is 0 Å². The van der Waals surface area contributed by atoms with Crippen LogP contribution in [0.5, 0.6) is 5.75 Å². The summed E-state index contributed by atoms with van der Waals surface area (Å²) in [5.41, 5.74) is 0. The zero-order valence-corrected chi connectivity index (χ0v) is 15.9. The van der Waals surface area contributed by atoms with Gasteiger partial charge in [0.1, 0.15) is 36.8 Å². The van der Waals surface area contributed by atoms with Gasteiger partial charge in [0.2, 0.25) is 6.29 Å². The van der Waals surface area contributed by atoms with Crippen LogP contribution in [-0.4, -0.2) is 64.6 Å². The molecule has 3 N–H and O–H groups in total. The normalized spacial score (nSPS) is 26.4. The van der Waals surface area contributed by atoms with E-state index >= 15 is 0 Å². The molecule has 9 nitrogen and oxygen atoms in total. The highest BCUT2D eigenvalue weighted by Crippen LogP contribution is 2.24. The van der Waals surface area contributed by atoms with Crippen molar-refractivity contribution in [2.45, 2.75) is 56.4 Å². The van der Waals surface area contributed by atoms with E-state index in [1.165, 1.54) is 0 Å². The van der Waals surface area contributed by atoms with Crippen LogP contribution in [0.25, 0.3) is 0 Å². The number of para-hydroxylation sites is 1. The molecule has 0 radical (unpaired) electrons. The predicted molar refractivity (Wildman–Crippen MR) is 99.5 cm³/mol. The molecule has 1 aromatic rings. The van der Waals surface area contributed by atoms with E-state index in [2.05, 4.69) is 11.3 Å². The fraction of sp³-hybridized carbons (Fsp3) is 0.500. The van der Waals surface area contributed by atoms with Gasteiger partial charge in [-0.25, -0.2) is 0 Å². The van der Waals surface area contributed by atoms with Crippen LogP contribution in [-0.2, 0) is 23.8 Å². The summed E-state index contributed by atoms with van der Waals surface area (Å²) in [7, 11) is 0. The molecule has 1 heterocycles. The molecule has 0 aromatic heterocycles. The monoisotopic (exact) mass is 410 g/mol. The van der Waals surface area contributed by atoms with E-state index in [4.69, 9.17) is 14.2 Å². The molecule has 5 atom stereocenters. The Morgan fingerprint density at radius 2 is 1.66 bits per heavy atom. The SMILES string of the molecule is C=COC(=O)CCCCC(=O)OC[C@H]1O[C@@H](Oc2ccccc2)[C@H](O)[C@@H](O)[C@@H]1O. The van der Waals surface area contributed by atoms with Crippen molar-refractivity contribution in [1.82, 2.24) is 0 Å². The lowest BCUT2D eigenvalue weighted by Gasteiger charge is -2.39. The number of carbonyl (C=O) groups is 2. The molecule has 9 heteroatoms. The molecule has 2 rings (SSSR count). The summed E-state index contributed by atoms with van der Waals surface area (Å²) in [5, 5.41) is 30.2. The molecule has 29 heavy (non-hydrogen) atoms. The quantitative estimate of drug-likeness (QED) is 0.289. The standard InChI is InChI=1S/C20H26O9/c1-2-26-15(21)10-6-7-11-16(22)27-12-14-17(23)18(24)19(25)20(29-14)28-13-8-4-3-5-9-13/h2-5,8-9,14,17-20,23-25H,1,6-7,10-12H2/t14-,17-,18+,19-,20-/m1/s1. The number of hydrogen-bond acceptors (Lipinski definition) is 9. The molecule has 1 aliphatic heterocycles. The highest BCUT2D eigenvalue weighted by Gasteiger charge is 2.45. The molecule has 0 unspecified atom stereocenters. The van der Waals surface area contributed by atoms with Gasteiger partial charge >= 0.3 is 11.9 Å². The minimum Gasteiger partial charge on any atom is -0.463 e. The third-order valence-corrected chi connectivity index (χ3v) is 4.30. The highest BCUT2D eigenvalue weighted by atomic mass is 16.7. The molecule has 1 saturated heterocycles. The van der Waals surface area contributed by atoms with Crippen molar-refractivity contribution in [3.63, 3.8) is 0 Å². The van der Waals surface area contributed by atoms with Crippen molar-refractivity contribution < 1.29 is 43.9 Å². The van der Waals surface area contributed by atoms with Crippen molar-refractivity contribution in [3.8, 4) is 5.75 Å². The fourth-order valence-electron chi connectivity index (χ4n) is 2.72. The lowest BCUT2D eigenvalue weighted by atomic mass is 9.99. The molecule has 0 aliphatic carbocycles. The topological polar surface area (TPSA) is 132 Å². The third kappa shape index (κ3) is 7.13. The Morgan fingerprint density at radius 3 is 2.31 bits per heavy atom. The van der Waals surface area contributed by atoms with Gasteiger partial charge in [-0.3, -0.25) is 9.59 Å². The first kappa shape index (κ1) is 22.8. The number of aliphatic hydroxyl groups is 3. The van der Waals surface area contributed by atoms with Crippen LogP contribution < -0.4 is 4.74 Å². The van der Waals surface area contributed by atoms with Crippen LogP contribution in [0, 0.1) is 0 Å². The zero-order chi connectivity index (χ0) is 21.2. The summed E-state index contributed by atoms with van der Waals surface area (Å²) in [6.45, 7) is 2.96. The van der Waals surface area contributed by atoms with Gasteiger partial charge in [-0.1, -0.05) is 24.8 Å². The molecule has 0 amide bonds. The summed E-state index contributed by atoms with van der Waals surface area (Å²) in [5.74, 6) is -0.561. The number of carbonyl (C=O) groups excluding carboxylic acids is 2. The van der Waals surface area contributed by atoms with Crippen LogP contribution in [0.4, 0.5) is 0 Å². The molecule has 1 fully saturated rings. The van der Waals surface area contributed by atoms with E-state index in [9.17, 15) is 24.9 Å². The maximum atomic E-state index is 11.8. The molecule has 0 saturated carbocycles. The molecule has 1 aromatic carbocycles. The molecular formula is C20H26O9. The third-order valence-electron chi connectivity index (χ3n) is 4.30. The summed E-state index contributed by atoms with van der Waals surface area (Å²) in [6.07, 6.45) is -4.64. The van der Waals surface area contributed by atoms with Crippen LogP contribution in [0.2, 0.25) is 0 Å². The Kier molecular flexibility index (Phi) is 9.07. The van der Waals surface area contributed by atoms with Crippen molar-refractivity contribution in [2.75, 3.05) is 6.61 Å². The van der Waals surface area contributed by atoms with Gasteiger partial charge in [0, 0.05) is 12.8 Å². The summed E-state index contributed by atoms with van der Waals surface area (Å²) < 4.78 is 20.7. The lowest BCUT2D eigenvalue weighted by molar-refractivity contribution is -0.278. The first-order valence-corrected chi connectivity index (χ1v) is 9.29. The highest BCUT2D eigenvalue weighted by molar-refractivity contribution is 5.70. The summed E-state index contributed by atoms with van der Waals surface area (Å²) in [6, 6.07) is 8.54. The Morgan fingerprint density at radius 1 is 1.00 bits per heavy atom. The van der Waals surface area contributed by atoms with E-state index in [0.717, 1.165) is 6.26 Å². The van der Waals surface area contributed by atoms with Gasteiger partial charge in [0.25, 0.3) is 0 Å². The molecule has 1 aliphatic rings. The Balaban J connectivity index is 1.78. The van der Waals surface area contributed by atoms with Gasteiger partial charge < -0.3 is 34.3 Å². The largest absolute Gasteiger partial charge is 0.463 e. The number of esters is 2. The second kappa shape index (κ2) is 11.5. The number of unbranched alkanes of at least 4 members (excludes halogenated alkanes) is 1. The smallest absolute Gasteiger partial charge is 0.310 e. The Labute approximate surface area is 168 Å². The molecule has 160 valence electrons. The van der Waals surface area contributed by atoms with Crippen molar-refractivity contribution in [3.05, 3.63) is 43.2 Å². The van der Waals surface area contributed by atoms with E-state index in [-0.39, 0.29) is 19.4 Å². The van der Waals surface area contributed by atoms with Crippen molar-refractivity contribution >= 4 is 11.9 Å². The maximum Gasteiger partial charge on any atom is 0.310 e. The van der Waals surface area contributed by atoms with Crippen LogP contribution in [0.15, 0.2) is 43.2 Å². The minimum atomic E-state index is -1.53. The summed E-state index contributed by atoms with van der Waals surface area (Å²) in [4.78, 5) is 23.0. The van der Waals surface area contributed by atoms with Gasteiger partial charge in [-0.15, -0.1) is 0 Å². The van der Waals surface area contributed by atoms with E-state index in [0.29, 0.717) is 18.6 Å². The maximum absolute atomic E-state index is 11.8. The molecule has 0 spiro atoms. The number of ether oxygens (including phenoxy) is 4. The fourth-order valence-corrected chi connectivity index (χ4v) is 2.72. The first-order valence-electron chi connectivity index (χ1n) is 9.29. The predicted octanol–water partition coefficient (Wildman–Crippen LogP) is 0.663.